The van der Waals surface area contributed by atoms with E-state index in [2.05, 4.69) is 22.6 Å². The Morgan fingerprint density at radius 1 is 1.56 bits per heavy atom. The monoisotopic (exact) mass is 233 g/mol. The van der Waals surface area contributed by atoms with Crippen molar-refractivity contribution < 1.29 is 0 Å². The highest BCUT2D eigenvalue weighted by Gasteiger charge is 2.35. The van der Waals surface area contributed by atoms with Crippen LogP contribution in [0, 0.1) is 11.3 Å². The first-order chi connectivity index (χ1) is 7.78. The summed E-state index contributed by atoms with van der Waals surface area (Å²) in [5.41, 5.74) is 0.469. The number of thioether (sulfide) groups is 1. The Labute approximate surface area is 100 Å². The predicted molar refractivity (Wildman–Crippen MR) is 67.5 cm³/mol. The lowest BCUT2D eigenvalue weighted by Crippen LogP contribution is -2.40. The van der Waals surface area contributed by atoms with Gasteiger partial charge in [0.05, 0.1) is 0 Å². The molecule has 0 bridgehead atoms. The number of nitriles is 1. The van der Waals surface area contributed by atoms with Crippen LogP contribution in [0.5, 0.6) is 0 Å². The fraction of sp³-hybridized carbons (Fsp3) is 0.500. The lowest BCUT2D eigenvalue weighted by Gasteiger charge is -2.40. The molecule has 0 aliphatic heterocycles. The van der Waals surface area contributed by atoms with E-state index in [1.807, 2.05) is 23.9 Å². The molecule has 0 saturated heterocycles. The number of hydrogen-bond donors (Lipinski definition) is 1. The first-order valence-electron chi connectivity index (χ1n) is 5.44. The van der Waals surface area contributed by atoms with Crippen molar-refractivity contribution >= 4 is 17.6 Å². The number of nitrogens with zero attached hydrogens (tertiary/aromatic N) is 2. The normalized spacial score (nSPS) is 17.2. The molecule has 1 aliphatic rings. The van der Waals surface area contributed by atoms with Crippen LogP contribution < -0.4 is 5.32 Å². The highest BCUT2D eigenvalue weighted by atomic mass is 32.2. The van der Waals surface area contributed by atoms with E-state index in [1.165, 1.54) is 19.3 Å². The summed E-state index contributed by atoms with van der Waals surface area (Å²) in [4.78, 5) is 4.21. The molecule has 1 fully saturated rings. The van der Waals surface area contributed by atoms with Crippen molar-refractivity contribution in [1.82, 2.24) is 4.98 Å². The Morgan fingerprint density at radius 2 is 2.38 bits per heavy atom. The van der Waals surface area contributed by atoms with E-state index in [9.17, 15) is 0 Å². The number of anilines is 1. The maximum atomic E-state index is 8.75. The van der Waals surface area contributed by atoms with Gasteiger partial charge in [-0.25, -0.2) is 4.98 Å². The zero-order valence-electron chi connectivity index (χ0n) is 9.36. The molecule has 0 aromatic carbocycles. The summed E-state index contributed by atoms with van der Waals surface area (Å²) in [6.07, 6.45) is 6.05. The van der Waals surface area contributed by atoms with Crippen LogP contribution in [0.4, 0.5) is 5.82 Å². The second-order valence-corrected chi connectivity index (χ2v) is 5.39. The molecule has 1 aromatic rings. The maximum absolute atomic E-state index is 8.75. The van der Waals surface area contributed by atoms with E-state index in [4.69, 9.17) is 5.26 Å². The molecule has 16 heavy (non-hydrogen) atoms. The number of rotatable bonds is 4. The molecule has 0 radical (unpaired) electrons. The van der Waals surface area contributed by atoms with Crippen LogP contribution in [0.25, 0.3) is 0 Å². The van der Waals surface area contributed by atoms with Crippen LogP contribution in [0.2, 0.25) is 0 Å². The molecule has 3 nitrogen and oxygen atoms in total. The molecular weight excluding hydrogens is 218 g/mol. The van der Waals surface area contributed by atoms with Gasteiger partial charge in [-0.15, -0.1) is 0 Å². The van der Waals surface area contributed by atoms with Gasteiger partial charge in [-0.05, 0) is 31.2 Å². The molecule has 1 aromatic heterocycles. The topological polar surface area (TPSA) is 48.7 Å². The second kappa shape index (κ2) is 4.75. The van der Waals surface area contributed by atoms with E-state index in [0.717, 1.165) is 12.4 Å². The van der Waals surface area contributed by atoms with Gasteiger partial charge in [0, 0.05) is 11.3 Å². The number of hydrogen-bond acceptors (Lipinski definition) is 4. The molecular formula is C12H15N3S. The largest absolute Gasteiger partial charge is 0.369 e. The number of pyridine rings is 1. The van der Waals surface area contributed by atoms with E-state index >= 15 is 0 Å². The van der Waals surface area contributed by atoms with Gasteiger partial charge in [0.1, 0.15) is 17.6 Å². The fourth-order valence-electron chi connectivity index (χ4n) is 1.87. The molecule has 1 aliphatic carbocycles. The fourth-order valence-corrected chi connectivity index (χ4v) is 2.78. The summed E-state index contributed by atoms with van der Waals surface area (Å²) in [5, 5.41) is 12.1. The minimum atomic E-state index is 0.393. The third-order valence-electron chi connectivity index (χ3n) is 3.15. The average Bonchev–Trinajstić information content (AvgIpc) is 2.29. The molecule has 4 heteroatoms. The summed E-state index contributed by atoms with van der Waals surface area (Å²) < 4.78 is 0.393. The lowest BCUT2D eigenvalue weighted by molar-refractivity contribution is 0.379. The Balaban J connectivity index is 1.96. The maximum Gasteiger partial charge on any atom is 0.142 e. The quantitative estimate of drug-likeness (QED) is 0.868. The van der Waals surface area contributed by atoms with Gasteiger partial charge in [-0.3, -0.25) is 0 Å². The van der Waals surface area contributed by atoms with Crippen LogP contribution in [-0.2, 0) is 0 Å². The zero-order valence-corrected chi connectivity index (χ0v) is 10.2. The smallest absolute Gasteiger partial charge is 0.142 e. The Morgan fingerprint density at radius 3 is 2.94 bits per heavy atom. The molecule has 2 rings (SSSR count). The second-order valence-electron chi connectivity index (χ2n) is 4.11. The van der Waals surface area contributed by atoms with Gasteiger partial charge in [-0.2, -0.15) is 17.0 Å². The third-order valence-corrected chi connectivity index (χ3v) is 4.57. The van der Waals surface area contributed by atoms with Crippen molar-refractivity contribution in [3.63, 3.8) is 0 Å². The van der Waals surface area contributed by atoms with Crippen molar-refractivity contribution in [2.24, 2.45) is 0 Å². The molecule has 0 amide bonds. The summed E-state index contributed by atoms with van der Waals surface area (Å²) in [6.45, 7) is 0.941. The summed E-state index contributed by atoms with van der Waals surface area (Å²) in [6, 6.07) is 7.54. The zero-order chi connectivity index (χ0) is 11.4. The van der Waals surface area contributed by atoms with E-state index in [-0.39, 0.29) is 0 Å². The van der Waals surface area contributed by atoms with Gasteiger partial charge >= 0.3 is 0 Å². The number of nitrogens with one attached hydrogen (secondary N) is 1. The van der Waals surface area contributed by atoms with Crippen molar-refractivity contribution in [2.45, 2.75) is 24.0 Å². The summed E-state index contributed by atoms with van der Waals surface area (Å²) >= 11 is 1.93. The predicted octanol–water partition coefficient (Wildman–Crippen LogP) is 2.65. The molecule has 1 saturated carbocycles. The summed E-state index contributed by atoms with van der Waals surface area (Å²) in [7, 11) is 0. The van der Waals surface area contributed by atoms with Crippen LogP contribution >= 0.6 is 11.8 Å². The van der Waals surface area contributed by atoms with Crippen LogP contribution in [0.1, 0.15) is 25.0 Å². The molecule has 0 atom stereocenters. The first-order valence-corrected chi connectivity index (χ1v) is 6.67. The van der Waals surface area contributed by atoms with E-state index in [0.29, 0.717) is 10.4 Å². The van der Waals surface area contributed by atoms with Crippen molar-refractivity contribution in [2.75, 3.05) is 18.1 Å². The van der Waals surface area contributed by atoms with Crippen molar-refractivity contribution in [3.8, 4) is 6.07 Å². The van der Waals surface area contributed by atoms with Crippen molar-refractivity contribution in [3.05, 3.63) is 23.9 Å². The summed E-state index contributed by atoms with van der Waals surface area (Å²) in [5.74, 6) is 0.805. The minimum absolute atomic E-state index is 0.393. The van der Waals surface area contributed by atoms with E-state index in [1.54, 1.807) is 6.07 Å². The lowest BCUT2D eigenvalue weighted by atomic mass is 9.84. The molecule has 1 heterocycles. The minimum Gasteiger partial charge on any atom is -0.369 e. The van der Waals surface area contributed by atoms with Crippen LogP contribution in [-0.4, -0.2) is 22.5 Å². The Bertz CT molecular complexity index is 401. The van der Waals surface area contributed by atoms with Gasteiger partial charge in [0.2, 0.25) is 0 Å². The average molecular weight is 233 g/mol. The third kappa shape index (κ3) is 2.30. The highest BCUT2D eigenvalue weighted by molar-refractivity contribution is 8.00. The van der Waals surface area contributed by atoms with Gasteiger partial charge in [-0.1, -0.05) is 12.5 Å². The van der Waals surface area contributed by atoms with E-state index < -0.39 is 0 Å². The van der Waals surface area contributed by atoms with Gasteiger partial charge < -0.3 is 5.32 Å². The van der Waals surface area contributed by atoms with Gasteiger partial charge in [0.25, 0.3) is 0 Å². The number of aromatic nitrogens is 1. The van der Waals surface area contributed by atoms with Crippen LogP contribution in [0.15, 0.2) is 18.2 Å². The highest BCUT2D eigenvalue weighted by Crippen LogP contribution is 2.42. The Kier molecular flexibility index (Phi) is 3.35. The molecule has 0 spiro atoms. The van der Waals surface area contributed by atoms with Crippen LogP contribution in [0.3, 0.4) is 0 Å². The molecule has 0 unspecified atom stereocenters. The van der Waals surface area contributed by atoms with Gasteiger partial charge in [0.15, 0.2) is 0 Å². The standard InChI is InChI=1S/C12H15N3S/c1-16-12(6-3-7-12)9-14-11-5-2-4-10(8-13)15-11/h2,4-5H,3,6-7,9H2,1H3,(H,14,15). The molecule has 1 N–H and O–H groups in total. The molecule has 84 valence electrons. The van der Waals surface area contributed by atoms with Crippen molar-refractivity contribution in [1.29, 1.82) is 5.26 Å². The first kappa shape index (κ1) is 11.3. The Hall–Kier alpha value is -1.21. The SMILES string of the molecule is CSC1(CNc2cccc(C#N)n2)CCC1.